The van der Waals surface area contributed by atoms with Gasteiger partial charge in [-0.1, -0.05) is 53.7 Å². The number of epoxide rings is 1. The standard InChI is InChI=1S/C27H38O6Si/c1-15(2)34(16(3)4,17(5)6)32-20-11-8-12-25(31)13-14-26-24(30)21-18(9-7-10-19(21)28)23(29)27(26,33-26)22(20)25/h7,9-10,15-17,20,22,28,31H,8,11-14H2,1-6H3/t20-,22+,25-,26-,27+/m1/s1. The van der Waals surface area contributed by atoms with Crippen molar-refractivity contribution in [1.29, 1.82) is 0 Å². The summed E-state index contributed by atoms with van der Waals surface area (Å²) in [7, 11) is -2.32. The molecule has 1 saturated heterocycles. The molecule has 3 aliphatic carbocycles. The summed E-state index contributed by atoms with van der Waals surface area (Å²) in [5, 5.41) is 22.4. The fraction of sp³-hybridized carbons (Fsp3) is 0.704. The van der Waals surface area contributed by atoms with E-state index in [1.165, 1.54) is 6.07 Å². The van der Waals surface area contributed by atoms with Crippen molar-refractivity contribution < 1.29 is 29.0 Å². The van der Waals surface area contributed by atoms with Crippen molar-refractivity contribution in [1.82, 2.24) is 0 Å². The third-order valence-electron chi connectivity index (χ3n) is 9.57. The van der Waals surface area contributed by atoms with Crippen LogP contribution in [-0.4, -0.2) is 53.0 Å². The van der Waals surface area contributed by atoms with Crippen molar-refractivity contribution >= 4 is 19.9 Å². The average molecular weight is 487 g/mol. The number of ether oxygens (including phenoxy) is 1. The number of carbonyl (C=O) groups excluding carboxylic acids is 2. The zero-order valence-corrected chi connectivity index (χ0v) is 22.2. The Morgan fingerprint density at radius 1 is 1.00 bits per heavy atom. The van der Waals surface area contributed by atoms with Gasteiger partial charge in [0.2, 0.25) is 14.1 Å². The quantitative estimate of drug-likeness (QED) is 0.441. The molecule has 0 unspecified atom stereocenters. The minimum atomic E-state index is -2.32. The highest BCUT2D eigenvalue weighted by atomic mass is 28.4. The summed E-state index contributed by atoms with van der Waals surface area (Å²) < 4.78 is 13.5. The smallest absolute Gasteiger partial charge is 0.202 e. The van der Waals surface area contributed by atoms with Gasteiger partial charge >= 0.3 is 0 Å². The molecule has 0 radical (unpaired) electrons. The first-order valence-electron chi connectivity index (χ1n) is 12.9. The van der Waals surface area contributed by atoms with Gasteiger partial charge in [0.15, 0.2) is 17.0 Å². The van der Waals surface area contributed by atoms with Crippen LogP contribution in [0.2, 0.25) is 16.6 Å². The molecule has 7 heteroatoms. The first kappa shape index (κ1) is 24.2. The van der Waals surface area contributed by atoms with Crippen LogP contribution in [0.3, 0.4) is 0 Å². The van der Waals surface area contributed by atoms with Crippen LogP contribution in [0.15, 0.2) is 18.2 Å². The van der Waals surface area contributed by atoms with E-state index in [0.29, 0.717) is 29.5 Å². The third kappa shape index (κ3) is 2.73. The second-order valence-corrected chi connectivity index (χ2v) is 17.4. The minimum Gasteiger partial charge on any atom is -0.507 e. The number of aromatic hydroxyl groups is 1. The average Bonchev–Trinajstić information content (AvgIpc) is 3.47. The van der Waals surface area contributed by atoms with Crippen LogP contribution >= 0.6 is 0 Å². The molecule has 1 aromatic rings. The molecule has 5 atom stereocenters. The maximum atomic E-state index is 14.1. The summed E-state index contributed by atoms with van der Waals surface area (Å²) >= 11 is 0. The van der Waals surface area contributed by atoms with E-state index in [-0.39, 0.29) is 41.0 Å². The van der Waals surface area contributed by atoms with Gasteiger partial charge in [0.1, 0.15) is 5.75 Å². The summed E-state index contributed by atoms with van der Waals surface area (Å²) in [4.78, 5) is 27.8. The molecule has 0 aromatic heterocycles. The summed E-state index contributed by atoms with van der Waals surface area (Å²) in [5.41, 5.74) is -2.49. The van der Waals surface area contributed by atoms with Gasteiger partial charge in [-0.2, -0.15) is 0 Å². The first-order valence-corrected chi connectivity index (χ1v) is 15.0. The van der Waals surface area contributed by atoms with E-state index in [0.717, 1.165) is 12.8 Å². The molecule has 34 heavy (non-hydrogen) atoms. The van der Waals surface area contributed by atoms with Crippen LogP contribution in [0.4, 0.5) is 0 Å². The Kier molecular flexibility index (Phi) is 5.32. The molecule has 0 bridgehead atoms. The highest BCUT2D eigenvalue weighted by molar-refractivity contribution is 6.77. The SMILES string of the molecule is CC(C)[Si](O[C@@H]1CCC[C@@]2(O)CC[C@]34O[C@]3(C(=O)c3cccc(O)c3C4=O)[C@@H]12)(C(C)C)C(C)C. The second kappa shape index (κ2) is 7.48. The summed E-state index contributed by atoms with van der Waals surface area (Å²) in [5.74, 6) is -1.40. The number of phenolic OH excluding ortho intramolecular Hbond substituents is 1. The van der Waals surface area contributed by atoms with Gasteiger partial charge in [0, 0.05) is 5.56 Å². The van der Waals surface area contributed by atoms with E-state index in [4.69, 9.17) is 9.16 Å². The van der Waals surface area contributed by atoms with Gasteiger partial charge in [0.25, 0.3) is 0 Å². The van der Waals surface area contributed by atoms with Crippen molar-refractivity contribution in [3.8, 4) is 5.75 Å². The number of Topliss-reactive ketones (excluding diaryl/α,β-unsaturated/α-hetero) is 2. The van der Waals surface area contributed by atoms with Gasteiger partial charge in [-0.05, 0) is 54.8 Å². The Balaban J connectivity index is 1.65. The Labute approximate surface area is 203 Å². The number of aliphatic hydroxyl groups is 1. The van der Waals surface area contributed by atoms with Gasteiger partial charge in [-0.25, -0.2) is 0 Å². The number of rotatable bonds is 5. The van der Waals surface area contributed by atoms with Crippen LogP contribution in [0.1, 0.15) is 94.4 Å². The predicted molar refractivity (Wildman–Crippen MR) is 131 cm³/mol. The second-order valence-electron chi connectivity index (χ2n) is 12.0. The number of ketones is 2. The zero-order chi connectivity index (χ0) is 24.8. The molecule has 2 saturated carbocycles. The molecule has 1 aromatic carbocycles. The molecular weight excluding hydrogens is 448 g/mol. The molecule has 3 fully saturated rings. The minimum absolute atomic E-state index is 0.0644. The number of phenols is 1. The lowest BCUT2D eigenvalue weighted by atomic mass is 9.53. The Morgan fingerprint density at radius 2 is 1.65 bits per heavy atom. The summed E-state index contributed by atoms with van der Waals surface area (Å²) in [6.45, 7) is 13.4. The highest BCUT2D eigenvalue weighted by Gasteiger charge is 2.88. The highest BCUT2D eigenvalue weighted by Crippen LogP contribution is 2.70. The molecule has 6 nitrogen and oxygen atoms in total. The van der Waals surface area contributed by atoms with Crippen LogP contribution in [0.5, 0.6) is 5.75 Å². The van der Waals surface area contributed by atoms with E-state index in [2.05, 4.69) is 41.5 Å². The Hall–Kier alpha value is -1.54. The topological polar surface area (TPSA) is 96.4 Å². The van der Waals surface area contributed by atoms with E-state index >= 15 is 0 Å². The molecule has 4 aliphatic rings. The van der Waals surface area contributed by atoms with Crippen LogP contribution in [-0.2, 0) is 9.16 Å². The number of fused-ring (bicyclic) bond motifs is 2. The first-order chi connectivity index (χ1) is 15.9. The van der Waals surface area contributed by atoms with E-state index in [1.54, 1.807) is 12.1 Å². The maximum Gasteiger partial charge on any atom is 0.202 e. The lowest BCUT2D eigenvalue weighted by Gasteiger charge is -2.54. The van der Waals surface area contributed by atoms with Crippen LogP contribution < -0.4 is 0 Å². The normalized spacial score (nSPS) is 36.9. The van der Waals surface area contributed by atoms with Crippen molar-refractivity contribution in [2.75, 3.05) is 0 Å². The van der Waals surface area contributed by atoms with Crippen molar-refractivity contribution in [3.05, 3.63) is 29.3 Å². The molecule has 2 N–H and O–H groups in total. The summed E-state index contributed by atoms with van der Waals surface area (Å²) in [6.07, 6.45) is 2.46. The molecule has 0 amide bonds. The van der Waals surface area contributed by atoms with Gasteiger partial charge in [-0.15, -0.1) is 0 Å². The molecule has 186 valence electrons. The van der Waals surface area contributed by atoms with Crippen molar-refractivity contribution in [3.63, 3.8) is 0 Å². The predicted octanol–water partition coefficient (Wildman–Crippen LogP) is 5.16. The largest absolute Gasteiger partial charge is 0.507 e. The van der Waals surface area contributed by atoms with Gasteiger partial charge in [-0.3, -0.25) is 9.59 Å². The number of carbonyl (C=O) groups is 2. The molecule has 0 spiro atoms. The maximum absolute atomic E-state index is 14.1. The van der Waals surface area contributed by atoms with Crippen LogP contribution in [0, 0.1) is 5.92 Å². The Morgan fingerprint density at radius 3 is 2.26 bits per heavy atom. The molecule has 1 aliphatic heterocycles. The lowest BCUT2D eigenvalue weighted by molar-refractivity contribution is -0.132. The number of hydrogen-bond acceptors (Lipinski definition) is 6. The van der Waals surface area contributed by atoms with Crippen molar-refractivity contribution in [2.24, 2.45) is 5.92 Å². The zero-order valence-electron chi connectivity index (χ0n) is 21.2. The van der Waals surface area contributed by atoms with Crippen LogP contribution in [0.25, 0.3) is 0 Å². The van der Waals surface area contributed by atoms with E-state index in [1.807, 2.05) is 0 Å². The summed E-state index contributed by atoms with van der Waals surface area (Å²) in [6, 6.07) is 4.62. The van der Waals surface area contributed by atoms with E-state index < -0.39 is 31.0 Å². The lowest BCUT2D eigenvalue weighted by Crippen LogP contribution is -2.67. The Bertz CT molecular complexity index is 1030. The number of hydrogen-bond donors (Lipinski definition) is 2. The molecular formula is C27H38O6Si. The molecule has 5 rings (SSSR count). The fourth-order valence-corrected chi connectivity index (χ4v) is 13.9. The fourth-order valence-electron chi connectivity index (χ4n) is 8.26. The van der Waals surface area contributed by atoms with Gasteiger partial charge < -0.3 is 19.4 Å². The van der Waals surface area contributed by atoms with E-state index in [9.17, 15) is 19.8 Å². The monoisotopic (exact) mass is 486 g/mol. The van der Waals surface area contributed by atoms with Crippen molar-refractivity contribution in [2.45, 2.75) is 113 Å². The third-order valence-corrected chi connectivity index (χ3v) is 15.7. The van der Waals surface area contributed by atoms with Gasteiger partial charge in [0.05, 0.1) is 23.2 Å². The molecule has 1 heterocycles. The number of benzene rings is 1.